The molecule has 19 heavy (non-hydrogen) atoms. The minimum Gasteiger partial charge on any atom is -0.507 e. The Balaban J connectivity index is 3.45. The number of methoxy groups -OCH3 is 2. The third kappa shape index (κ3) is 3.17. The van der Waals surface area contributed by atoms with Crippen molar-refractivity contribution < 1.29 is 24.8 Å². The molecular weight excluding hydrogens is 295 g/mol. The van der Waals surface area contributed by atoms with E-state index in [9.17, 15) is 10.2 Å². The van der Waals surface area contributed by atoms with E-state index in [2.05, 4.69) is 0 Å². The second-order valence-electron chi connectivity index (χ2n) is 3.92. The van der Waals surface area contributed by atoms with Crippen molar-refractivity contribution in [3.63, 3.8) is 0 Å². The normalized spacial score (nSPS) is 14.3. The zero-order chi connectivity index (χ0) is 14.6. The highest BCUT2D eigenvalue weighted by Gasteiger charge is 2.41. The lowest BCUT2D eigenvalue weighted by molar-refractivity contribution is 0.0201. The van der Waals surface area contributed by atoms with Crippen LogP contribution in [0.15, 0.2) is 12.1 Å². The van der Waals surface area contributed by atoms with Crippen LogP contribution in [0, 0.1) is 0 Å². The molecule has 0 aromatic heterocycles. The maximum Gasteiger partial charge on any atom is 0.140 e. The van der Waals surface area contributed by atoms with Gasteiger partial charge in [-0.3, -0.25) is 0 Å². The number of alkyl halides is 2. The second kappa shape index (κ2) is 6.52. The molecule has 0 fully saturated rings. The SMILES string of the molecule is COc1cc(O)c(C(O)(CCO)C(Cl)Cl)c(OC)c1. The van der Waals surface area contributed by atoms with Gasteiger partial charge in [-0.15, -0.1) is 23.2 Å². The number of hydrogen-bond acceptors (Lipinski definition) is 5. The van der Waals surface area contributed by atoms with E-state index in [1.807, 2.05) is 0 Å². The molecule has 0 aliphatic heterocycles. The first-order chi connectivity index (χ1) is 8.90. The first-order valence-electron chi connectivity index (χ1n) is 5.47. The molecule has 1 aromatic rings. The zero-order valence-electron chi connectivity index (χ0n) is 10.6. The molecule has 7 heteroatoms. The monoisotopic (exact) mass is 310 g/mol. The summed E-state index contributed by atoms with van der Waals surface area (Å²) < 4.78 is 10.1. The van der Waals surface area contributed by atoms with Crippen LogP contribution in [0.1, 0.15) is 12.0 Å². The fourth-order valence-corrected chi connectivity index (χ4v) is 2.24. The van der Waals surface area contributed by atoms with E-state index in [1.165, 1.54) is 26.4 Å². The van der Waals surface area contributed by atoms with Crippen LogP contribution in [0.3, 0.4) is 0 Å². The number of phenols is 1. The Morgan fingerprint density at radius 1 is 1.26 bits per heavy atom. The van der Waals surface area contributed by atoms with Gasteiger partial charge in [0.25, 0.3) is 0 Å². The molecule has 0 bridgehead atoms. The summed E-state index contributed by atoms with van der Waals surface area (Å²) in [7, 11) is 2.80. The van der Waals surface area contributed by atoms with Crippen molar-refractivity contribution in [2.24, 2.45) is 0 Å². The number of rotatable bonds is 6. The Hall–Kier alpha value is -0.880. The van der Waals surface area contributed by atoms with E-state index in [-0.39, 0.29) is 30.1 Å². The topological polar surface area (TPSA) is 79.2 Å². The highest BCUT2D eigenvalue weighted by molar-refractivity contribution is 6.45. The summed E-state index contributed by atoms with van der Waals surface area (Å²) in [6.07, 6.45) is -0.152. The summed E-state index contributed by atoms with van der Waals surface area (Å²) >= 11 is 11.6. The van der Waals surface area contributed by atoms with Gasteiger partial charge in [-0.05, 0) is 0 Å². The standard InChI is InChI=1S/C12H16Cl2O5/c1-18-7-5-8(16)10(9(6-7)19-2)12(17,3-4-15)11(13)14/h5-6,11,15-17H,3-4H2,1-2H3. The second-order valence-corrected chi connectivity index (χ2v) is 5.02. The summed E-state index contributed by atoms with van der Waals surface area (Å²) in [5, 5.41) is 29.6. The minimum atomic E-state index is -1.83. The highest BCUT2D eigenvalue weighted by atomic mass is 35.5. The Morgan fingerprint density at radius 2 is 1.89 bits per heavy atom. The van der Waals surface area contributed by atoms with Crippen LogP contribution in [0.4, 0.5) is 0 Å². The largest absolute Gasteiger partial charge is 0.507 e. The molecule has 1 atom stereocenters. The van der Waals surface area contributed by atoms with Crippen LogP contribution in [-0.4, -0.2) is 41.0 Å². The highest BCUT2D eigenvalue weighted by Crippen LogP contribution is 2.45. The zero-order valence-corrected chi connectivity index (χ0v) is 12.1. The lowest BCUT2D eigenvalue weighted by Gasteiger charge is -2.31. The molecule has 0 spiro atoms. The van der Waals surface area contributed by atoms with Gasteiger partial charge in [0.1, 0.15) is 27.7 Å². The first-order valence-corrected chi connectivity index (χ1v) is 6.34. The van der Waals surface area contributed by atoms with Crippen LogP contribution in [0.25, 0.3) is 0 Å². The van der Waals surface area contributed by atoms with E-state index in [0.29, 0.717) is 5.75 Å². The predicted molar refractivity (Wildman–Crippen MR) is 72.3 cm³/mol. The third-order valence-electron chi connectivity index (χ3n) is 2.80. The summed E-state index contributed by atoms with van der Waals surface area (Å²) in [5.41, 5.74) is -1.82. The fourth-order valence-electron chi connectivity index (χ4n) is 1.80. The molecule has 0 radical (unpaired) electrons. The van der Waals surface area contributed by atoms with Gasteiger partial charge in [0.2, 0.25) is 0 Å². The number of hydrogen-bond donors (Lipinski definition) is 3. The Bertz CT molecular complexity index is 438. The number of ether oxygens (including phenoxy) is 2. The summed E-state index contributed by atoms with van der Waals surface area (Å²) in [4.78, 5) is -1.26. The number of halogens is 2. The first kappa shape index (κ1) is 16.2. The van der Waals surface area contributed by atoms with Crippen molar-refractivity contribution in [1.29, 1.82) is 0 Å². The molecule has 108 valence electrons. The smallest absolute Gasteiger partial charge is 0.140 e. The van der Waals surface area contributed by atoms with E-state index < -0.39 is 10.4 Å². The Morgan fingerprint density at radius 3 is 2.32 bits per heavy atom. The molecular formula is C12H16Cl2O5. The fraction of sp³-hybridized carbons (Fsp3) is 0.500. The lowest BCUT2D eigenvalue weighted by Crippen LogP contribution is -2.34. The number of aliphatic hydroxyl groups is 2. The Labute approximate surface area is 121 Å². The van der Waals surface area contributed by atoms with E-state index >= 15 is 0 Å². The average Bonchev–Trinajstić information content (AvgIpc) is 2.37. The molecule has 0 heterocycles. The van der Waals surface area contributed by atoms with E-state index in [0.717, 1.165) is 0 Å². The molecule has 0 amide bonds. The molecule has 0 aliphatic carbocycles. The minimum absolute atomic E-state index is 0.0138. The third-order valence-corrected chi connectivity index (χ3v) is 3.52. The van der Waals surface area contributed by atoms with Gasteiger partial charge < -0.3 is 24.8 Å². The number of benzene rings is 1. The van der Waals surface area contributed by atoms with Crippen molar-refractivity contribution in [1.82, 2.24) is 0 Å². The van der Waals surface area contributed by atoms with Crippen LogP contribution in [0.5, 0.6) is 17.2 Å². The maximum atomic E-state index is 10.5. The van der Waals surface area contributed by atoms with Crippen LogP contribution < -0.4 is 9.47 Å². The van der Waals surface area contributed by atoms with Crippen molar-refractivity contribution in [2.45, 2.75) is 16.9 Å². The quantitative estimate of drug-likeness (QED) is 0.698. The van der Waals surface area contributed by atoms with Crippen LogP contribution in [0.2, 0.25) is 0 Å². The van der Waals surface area contributed by atoms with Gasteiger partial charge in [-0.25, -0.2) is 0 Å². The molecule has 3 N–H and O–H groups in total. The van der Waals surface area contributed by atoms with Crippen molar-refractivity contribution in [3.8, 4) is 17.2 Å². The van der Waals surface area contributed by atoms with Gasteiger partial charge in [0.05, 0.1) is 19.8 Å². The molecule has 0 aliphatic rings. The van der Waals surface area contributed by atoms with Crippen LogP contribution >= 0.6 is 23.2 Å². The average molecular weight is 311 g/mol. The van der Waals surface area contributed by atoms with Gasteiger partial charge in [0, 0.05) is 25.2 Å². The molecule has 1 unspecified atom stereocenters. The summed E-state index contributed by atoms with van der Waals surface area (Å²) in [5.74, 6) is 0.239. The number of aromatic hydroxyl groups is 1. The summed E-state index contributed by atoms with van der Waals surface area (Å²) in [6, 6.07) is 2.78. The van der Waals surface area contributed by atoms with E-state index in [1.54, 1.807) is 0 Å². The molecule has 1 aromatic carbocycles. The van der Waals surface area contributed by atoms with Crippen molar-refractivity contribution in [3.05, 3.63) is 17.7 Å². The van der Waals surface area contributed by atoms with Gasteiger partial charge in [-0.1, -0.05) is 0 Å². The molecule has 1 rings (SSSR count). The number of aliphatic hydroxyl groups excluding tert-OH is 1. The molecule has 0 saturated heterocycles. The molecule has 0 saturated carbocycles. The number of phenolic OH excluding ortho intramolecular Hbond substituents is 1. The van der Waals surface area contributed by atoms with Crippen molar-refractivity contribution >= 4 is 23.2 Å². The van der Waals surface area contributed by atoms with Gasteiger partial charge >= 0.3 is 0 Å². The van der Waals surface area contributed by atoms with Crippen LogP contribution in [-0.2, 0) is 5.60 Å². The summed E-state index contributed by atoms with van der Waals surface area (Å²) in [6.45, 7) is -0.360. The van der Waals surface area contributed by atoms with Crippen molar-refractivity contribution in [2.75, 3.05) is 20.8 Å². The predicted octanol–water partition coefficient (Wildman–Crippen LogP) is 1.78. The van der Waals surface area contributed by atoms with Gasteiger partial charge in [0.15, 0.2) is 0 Å². The van der Waals surface area contributed by atoms with E-state index in [4.69, 9.17) is 37.8 Å². The lowest BCUT2D eigenvalue weighted by atomic mass is 9.90. The Kier molecular flexibility index (Phi) is 5.55. The maximum absolute atomic E-state index is 10.5. The molecule has 5 nitrogen and oxygen atoms in total. The van der Waals surface area contributed by atoms with Gasteiger partial charge in [-0.2, -0.15) is 0 Å².